The SMILES string of the molecule is CCCc1nnsc1C(=O)Nc1ccc(N2CC[C@@H](OC)C2)cc1. The molecule has 3 rings (SSSR count). The molecule has 1 aromatic carbocycles. The van der Waals surface area contributed by atoms with Crippen molar-refractivity contribution >= 4 is 28.8 Å². The number of aryl methyl sites for hydroxylation is 1. The Balaban J connectivity index is 1.64. The van der Waals surface area contributed by atoms with E-state index in [1.54, 1.807) is 7.11 Å². The van der Waals surface area contributed by atoms with Crippen LogP contribution in [0, 0.1) is 0 Å². The van der Waals surface area contributed by atoms with Gasteiger partial charge in [-0.1, -0.05) is 17.8 Å². The molecule has 24 heavy (non-hydrogen) atoms. The van der Waals surface area contributed by atoms with Gasteiger partial charge in [-0.3, -0.25) is 4.79 Å². The lowest BCUT2D eigenvalue weighted by Gasteiger charge is -2.18. The first kappa shape index (κ1) is 16.9. The van der Waals surface area contributed by atoms with Gasteiger partial charge < -0.3 is 15.0 Å². The number of carbonyl (C=O) groups excluding carboxylic acids is 1. The number of nitrogens with one attached hydrogen (secondary N) is 1. The largest absolute Gasteiger partial charge is 0.380 e. The Bertz CT molecular complexity index is 686. The second-order valence-corrected chi connectivity index (χ2v) is 6.65. The van der Waals surface area contributed by atoms with E-state index in [1.165, 1.54) is 0 Å². The molecule has 1 atom stereocenters. The van der Waals surface area contributed by atoms with E-state index < -0.39 is 0 Å². The summed E-state index contributed by atoms with van der Waals surface area (Å²) >= 11 is 1.15. The molecule has 0 unspecified atom stereocenters. The Morgan fingerprint density at radius 2 is 2.21 bits per heavy atom. The molecule has 1 fully saturated rings. The van der Waals surface area contributed by atoms with Gasteiger partial charge >= 0.3 is 0 Å². The third-order valence-corrected chi connectivity index (χ3v) is 4.98. The Morgan fingerprint density at radius 3 is 2.88 bits per heavy atom. The molecule has 0 bridgehead atoms. The molecule has 1 amide bonds. The van der Waals surface area contributed by atoms with Crippen LogP contribution in [0.25, 0.3) is 0 Å². The number of anilines is 2. The molecule has 0 radical (unpaired) electrons. The van der Waals surface area contributed by atoms with Gasteiger partial charge in [-0.25, -0.2) is 0 Å². The number of hydrogen-bond donors (Lipinski definition) is 1. The van der Waals surface area contributed by atoms with Gasteiger partial charge in [0.15, 0.2) is 0 Å². The fourth-order valence-electron chi connectivity index (χ4n) is 2.88. The molecule has 1 aliphatic heterocycles. The Labute approximate surface area is 146 Å². The van der Waals surface area contributed by atoms with Gasteiger partial charge in [-0.05, 0) is 48.6 Å². The highest BCUT2D eigenvalue weighted by Gasteiger charge is 2.22. The van der Waals surface area contributed by atoms with Gasteiger partial charge in [0.2, 0.25) is 0 Å². The minimum Gasteiger partial charge on any atom is -0.380 e. The average Bonchev–Trinajstić information content (AvgIpc) is 3.25. The maximum atomic E-state index is 12.4. The molecule has 128 valence electrons. The zero-order valence-electron chi connectivity index (χ0n) is 14.0. The lowest BCUT2D eigenvalue weighted by atomic mass is 10.2. The maximum Gasteiger partial charge on any atom is 0.269 e. The standard InChI is InChI=1S/C17H22N4O2S/c1-3-4-15-16(24-20-19-15)17(22)18-12-5-7-13(8-6-12)21-10-9-14(11-21)23-2/h5-8,14H,3-4,9-11H2,1-2H3,(H,18,22)/t14-/m1/s1. The van der Waals surface area contributed by atoms with Crippen molar-refractivity contribution in [3.05, 3.63) is 34.8 Å². The fraction of sp³-hybridized carbons (Fsp3) is 0.471. The van der Waals surface area contributed by atoms with Gasteiger partial charge in [0, 0.05) is 31.6 Å². The van der Waals surface area contributed by atoms with Crippen LogP contribution in [0.2, 0.25) is 0 Å². The van der Waals surface area contributed by atoms with E-state index in [1.807, 2.05) is 24.3 Å². The Morgan fingerprint density at radius 1 is 1.42 bits per heavy atom. The molecule has 1 aromatic heterocycles. The average molecular weight is 346 g/mol. The van der Waals surface area contributed by atoms with E-state index >= 15 is 0 Å². The summed E-state index contributed by atoms with van der Waals surface area (Å²) in [6.07, 6.45) is 3.07. The summed E-state index contributed by atoms with van der Waals surface area (Å²) in [6.45, 7) is 3.97. The van der Waals surface area contributed by atoms with Crippen LogP contribution in [0.1, 0.15) is 35.1 Å². The maximum absolute atomic E-state index is 12.4. The van der Waals surface area contributed by atoms with Gasteiger partial charge in [-0.2, -0.15) is 0 Å². The number of aromatic nitrogens is 2. The smallest absolute Gasteiger partial charge is 0.269 e. The molecule has 0 aliphatic carbocycles. The number of methoxy groups -OCH3 is 1. The Hall–Kier alpha value is -1.99. The summed E-state index contributed by atoms with van der Waals surface area (Å²) in [5.41, 5.74) is 2.71. The first-order valence-electron chi connectivity index (χ1n) is 8.21. The van der Waals surface area contributed by atoms with Crippen molar-refractivity contribution < 1.29 is 9.53 Å². The highest BCUT2D eigenvalue weighted by atomic mass is 32.1. The van der Waals surface area contributed by atoms with Crippen molar-refractivity contribution in [2.24, 2.45) is 0 Å². The van der Waals surface area contributed by atoms with Gasteiger partial charge in [0.1, 0.15) is 4.88 Å². The van der Waals surface area contributed by atoms with E-state index in [0.717, 1.165) is 61.0 Å². The summed E-state index contributed by atoms with van der Waals surface area (Å²) in [5, 5.41) is 6.97. The molecule has 1 saturated heterocycles. The number of rotatable bonds is 6. The van der Waals surface area contributed by atoms with Crippen LogP contribution < -0.4 is 10.2 Å². The molecule has 0 saturated carbocycles. The third-order valence-electron chi connectivity index (χ3n) is 4.22. The predicted molar refractivity (Wildman–Crippen MR) is 95.9 cm³/mol. The summed E-state index contributed by atoms with van der Waals surface area (Å²) in [6, 6.07) is 7.93. The van der Waals surface area contributed by atoms with Crippen molar-refractivity contribution in [2.45, 2.75) is 32.3 Å². The zero-order valence-corrected chi connectivity index (χ0v) is 14.8. The first-order valence-corrected chi connectivity index (χ1v) is 8.99. The van der Waals surface area contributed by atoms with Crippen LogP contribution in [0.3, 0.4) is 0 Å². The van der Waals surface area contributed by atoms with Gasteiger partial charge in [0.05, 0.1) is 11.8 Å². The van der Waals surface area contributed by atoms with Crippen LogP contribution in [-0.4, -0.2) is 41.8 Å². The van der Waals surface area contributed by atoms with E-state index in [9.17, 15) is 4.79 Å². The van der Waals surface area contributed by atoms with Gasteiger partial charge in [-0.15, -0.1) is 5.10 Å². The van der Waals surface area contributed by atoms with Crippen LogP contribution >= 0.6 is 11.5 Å². The number of amides is 1. The highest BCUT2D eigenvalue weighted by Crippen LogP contribution is 2.24. The third kappa shape index (κ3) is 3.73. The predicted octanol–water partition coefficient (Wildman–Crippen LogP) is 2.97. The van der Waals surface area contributed by atoms with Gasteiger partial charge in [0.25, 0.3) is 5.91 Å². The quantitative estimate of drug-likeness (QED) is 0.871. The van der Waals surface area contributed by atoms with Crippen molar-refractivity contribution in [1.29, 1.82) is 0 Å². The van der Waals surface area contributed by atoms with Crippen LogP contribution in [0.15, 0.2) is 24.3 Å². The highest BCUT2D eigenvalue weighted by molar-refractivity contribution is 7.08. The van der Waals surface area contributed by atoms with E-state index in [4.69, 9.17) is 4.74 Å². The topological polar surface area (TPSA) is 67.4 Å². The molecule has 6 nitrogen and oxygen atoms in total. The normalized spacial score (nSPS) is 17.2. The molecule has 0 spiro atoms. The van der Waals surface area contributed by atoms with Crippen LogP contribution in [-0.2, 0) is 11.2 Å². The number of benzene rings is 1. The number of ether oxygens (including phenoxy) is 1. The molecule has 1 N–H and O–H groups in total. The number of nitrogens with zero attached hydrogens (tertiary/aromatic N) is 3. The second-order valence-electron chi connectivity index (χ2n) is 5.89. The van der Waals surface area contributed by atoms with Crippen molar-refractivity contribution in [2.75, 3.05) is 30.4 Å². The minimum atomic E-state index is -0.137. The zero-order chi connectivity index (χ0) is 16.9. The van der Waals surface area contributed by atoms with Crippen LogP contribution in [0.4, 0.5) is 11.4 Å². The van der Waals surface area contributed by atoms with Crippen molar-refractivity contribution in [3.63, 3.8) is 0 Å². The van der Waals surface area contributed by atoms with E-state index in [0.29, 0.717) is 11.0 Å². The number of carbonyl (C=O) groups is 1. The van der Waals surface area contributed by atoms with Crippen molar-refractivity contribution in [3.8, 4) is 0 Å². The van der Waals surface area contributed by atoms with Crippen molar-refractivity contribution in [1.82, 2.24) is 9.59 Å². The molecular weight excluding hydrogens is 324 g/mol. The summed E-state index contributed by atoms with van der Waals surface area (Å²) in [7, 11) is 1.76. The van der Waals surface area contributed by atoms with Crippen LogP contribution in [0.5, 0.6) is 0 Å². The molecular formula is C17H22N4O2S. The van der Waals surface area contributed by atoms with E-state index in [-0.39, 0.29) is 5.91 Å². The Kier molecular flexibility index (Phi) is 5.42. The summed E-state index contributed by atoms with van der Waals surface area (Å²) < 4.78 is 9.30. The monoisotopic (exact) mass is 346 g/mol. The molecule has 7 heteroatoms. The summed E-state index contributed by atoms with van der Waals surface area (Å²) in [4.78, 5) is 15.3. The number of hydrogen-bond acceptors (Lipinski definition) is 6. The molecule has 2 aromatic rings. The summed E-state index contributed by atoms with van der Waals surface area (Å²) in [5.74, 6) is -0.137. The minimum absolute atomic E-state index is 0.137. The first-order chi connectivity index (χ1) is 11.7. The lowest BCUT2D eigenvalue weighted by Crippen LogP contribution is -2.22. The molecule has 1 aliphatic rings. The van der Waals surface area contributed by atoms with E-state index in [2.05, 4.69) is 26.7 Å². The lowest BCUT2D eigenvalue weighted by molar-refractivity contribution is 0.102. The fourth-order valence-corrected chi connectivity index (χ4v) is 3.48. The second kappa shape index (κ2) is 7.72. The molecule has 2 heterocycles.